The van der Waals surface area contributed by atoms with Gasteiger partial charge in [-0.05, 0) is 88.5 Å². The highest BCUT2D eigenvalue weighted by molar-refractivity contribution is 6.24. The van der Waals surface area contributed by atoms with Crippen LogP contribution in [-0.4, -0.2) is 0 Å². The maximum atomic E-state index is 6.60. The van der Waals surface area contributed by atoms with Crippen molar-refractivity contribution in [3.63, 3.8) is 0 Å². The Labute approximate surface area is 302 Å². The molecule has 244 valence electrons. The normalized spacial score (nSPS) is 13.3. The average molecular weight is 663 g/mol. The van der Waals surface area contributed by atoms with Crippen LogP contribution >= 0.6 is 0 Å². The number of hydrogen-bond donors (Lipinski definition) is 0. The molecule has 0 saturated heterocycles. The molecule has 0 bridgehead atoms. The third-order valence-corrected chi connectivity index (χ3v) is 11.7. The molecule has 0 N–H and O–H groups in total. The number of rotatable bonds is 3. The summed E-state index contributed by atoms with van der Waals surface area (Å²) in [7, 11) is 0. The van der Waals surface area contributed by atoms with E-state index in [4.69, 9.17) is 4.42 Å². The second-order valence-corrected chi connectivity index (χ2v) is 14.7. The molecule has 0 unspecified atom stereocenters. The van der Waals surface area contributed by atoms with Gasteiger partial charge in [0.1, 0.15) is 11.2 Å². The lowest BCUT2D eigenvalue weighted by Gasteiger charge is -2.26. The molecule has 1 aliphatic carbocycles. The van der Waals surface area contributed by atoms with Gasteiger partial charge in [-0.15, -0.1) is 0 Å². The smallest absolute Gasteiger partial charge is 0.143 e. The minimum absolute atomic E-state index is 0.177. The van der Waals surface area contributed by atoms with Crippen molar-refractivity contribution in [3.05, 3.63) is 181 Å². The van der Waals surface area contributed by atoms with Crippen LogP contribution in [0.4, 0.5) is 0 Å². The molecule has 10 aromatic rings. The molecular formula is C51H34O. The SMILES string of the molecule is CC1(C)c2ccc3ccccc3c2-c2cccc(-c3c4ccccc4c(-c4ccccc4-c4cccc5c4oc4ccccc45)c4ccccc34)c21. The van der Waals surface area contributed by atoms with Crippen molar-refractivity contribution in [3.8, 4) is 44.5 Å². The predicted molar refractivity (Wildman–Crippen MR) is 220 cm³/mol. The van der Waals surface area contributed by atoms with Gasteiger partial charge in [0.25, 0.3) is 0 Å². The van der Waals surface area contributed by atoms with Crippen molar-refractivity contribution in [1.82, 2.24) is 0 Å². The molecule has 0 amide bonds. The summed E-state index contributed by atoms with van der Waals surface area (Å²) in [6, 6.07) is 62.3. The zero-order valence-electron chi connectivity index (χ0n) is 29.1. The van der Waals surface area contributed by atoms with Gasteiger partial charge >= 0.3 is 0 Å². The summed E-state index contributed by atoms with van der Waals surface area (Å²) in [5.74, 6) is 0. The van der Waals surface area contributed by atoms with Gasteiger partial charge in [-0.2, -0.15) is 0 Å². The van der Waals surface area contributed by atoms with Crippen LogP contribution in [0.3, 0.4) is 0 Å². The van der Waals surface area contributed by atoms with Crippen LogP contribution in [0.1, 0.15) is 25.0 Å². The fourth-order valence-corrected chi connectivity index (χ4v) is 9.46. The van der Waals surface area contributed by atoms with Gasteiger partial charge in [-0.3, -0.25) is 0 Å². The molecule has 0 radical (unpaired) electrons. The highest BCUT2D eigenvalue weighted by Gasteiger charge is 2.39. The third-order valence-electron chi connectivity index (χ3n) is 11.7. The Morgan fingerprint density at radius 1 is 0.346 bits per heavy atom. The van der Waals surface area contributed by atoms with Gasteiger partial charge in [0.2, 0.25) is 0 Å². The first-order valence-electron chi connectivity index (χ1n) is 18.2. The highest BCUT2D eigenvalue weighted by atomic mass is 16.3. The Morgan fingerprint density at radius 2 is 0.827 bits per heavy atom. The molecule has 1 heterocycles. The van der Waals surface area contributed by atoms with Gasteiger partial charge < -0.3 is 4.42 Å². The number of benzene rings is 9. The molecule has 1 aliphatic rings. The van der Waals surface area contributed by atoms with E-state index in [-0.39, 0.29) is 5.41 Å². The predicted octanol–water partition coefficient (Wildman–Crippen LogP) is 14.4. The van der Waals surface area contributed by atoms with Crippen LogP contribution in [0, 0.1) is 0 Å². The van der Waals surface area contributed by atoms with Crippen molar-refractivity contribution < 1.29 is 4.42 Å². The maximum absolute atomic E-state index is 6.60. The van der Waals surface area contributed by atoms with Crippen LogP contribution < -0.4 is 0 Å². The quantitative estimate of drug-likeness (QED) is 0.172. The largest absolute Gasteiger partial charge is 0.455 e. The van der Waals surface area contributed by atoms with Gasteiger partial charge in [-0.25, -0.2) is 0 Å². The molecule has 9 aromatic carbocycles. The zero-order chi connectivity index (χ0) is 34.6. The Bertz CT molecular complexity index is 3040. The van der Waals surface area contributed by atoms with Crippen molar-refractivity contribution in [2.75, 3.05) is 0 Å². The Balaban J connectivity index is 1.22. The molecule has 1 nitrogen and oxygen atoms in total. The van der Waals surface area contributed by atoms with Gasteiger partial charge in [0.15, 0.2) is 0 Å². The Kier molecular flexibility index (Phi) is 6.08. The van der Waals surface area contributed by atoms with E-state index in [9.17, 15) is 0 Å². The summed E-state index contributed by atoms with van der Waals surface area (Å²) < 4.78 is 6.60. The van der Waals surface area contributed by atoms with E-state index in [0.29, 0.717) is 0 Å². The Hall–Kier alpha value is -6.44. The fourth-order valence-electron chi connectivity index (χ4n) is 9.46. The lowest BCUT2D eigenvalue weighted by molar-refractivity contribution is 0.663. The summed E-state index contributed by atoms with van der Waals surface area (Å²) >= 11 is 0. The summed E-state index contributed by atoms with van der Waals surface area (Å²) in [5, 5.41) is 9.91. The number of fused-ring (bicyclic) bond motifs is 10. The summed E-state index contributed by atoms with van der Waals surface area (Å²) in [4.78, 5) is 0. The molecule has 11 rings (SSSR count). The minimum Gasteiger partial charge on any atom is -0.455 e. The molecule has 52 heavy (non-hydrogen) atoms. The number of para-hydroxylation sites is 2. The van der Waals surface area contributed by atoms with Crippen molar-refractivity contribution >= 4 is 54.3 Å². The van der Waals surface area contributed by atoms with Gasteiger partial charge in [-0.1, -0.05) is 178 Å². The number of hydrogen-bond acceptors (Lipinski definition) is 1. The van der Waals surface area contributed by atoms with Gasteiger partial charge in [0.05, 0.1) is 0 Å². The zero-order valence-corrected chi connectivity index (χ0v) is 29.1. The fraction of sp³-hybridized carbons (Fsp3) is 0.0588. The first-order valence-corrected chi connectivity index (χ1v) is 18.2. The van der Waals surface area contributed by atoms with Crippen LogP contribution in [0.5, 0.6) is 0 Å². The molecular weight excluding hydrogens is 629 g/mol. The maximum Gasteiger partial charge on any atom is 0.143 e. The first-order chi connectivity index (χ1) is 25.6. The molecule has 0 saturated carbocycles. The second kappa shape index (κ2) is 10.8. The molecule has 1 heteroatoms. The lowest BCUT2D eigenvalue weighted by atomic mass is 9.76. The van der Waals surface area contributed by atoms with Crippen molar-refractivity contribution in [2.24, 2.45) is 0 Å². The van der Waals surface area contributed by atoms with E-state index in [1.807, 2.05) is 6.07 Å². The van der Waals surface area contributed by atoms with Crippen LogP contribution in [0.15, 0.2) is 174 Å². The van der Waals surface area contributed by atoms with E-state index in [1.165, 1.54) is 82.4 Å². The van der Waals surface area contributed by atoms with Crippen molar-refractivity contribution in [1.29, 1.82) is 0 Å². The molecule has 0 spiro atoms. The topological polar surface area (TPSA) is 13.1 Å². The monoisotopic (exact) mass is 662 g/mol. The standard InChI is InChI=1S/C51H34O/c1-51(2)44-30-29-31-15-3-4-16-32(31)48(44)43-27-14-26-42(49(43)51)47-38-22-9-7-20-36(38)46(37-21-8-10-23-39(37)47)35-19-6-5-17-33(35)40-24-13-25-41-34-18-11-12-28-45(34)52-50(40)41/h3-30H,1-2H3. The van der Waals surface area contributed by atoms with E-state index < -0.39 is 0 Å². The van der Waals surface area contributed by atoms with Crippen molar-refractivity contribution in [2.45, 2.75) is 19.3 Å². The van der Waals surface area contributed by atoms with E-state index in [0.717, 1.165) is 27.5 Å². The molecule has 0 atom stereocenters. The second-order valence-electron chi connectivity index (χ2n) is 14.7. The van der Waals surface area contributed by atoms with E-state index in [1.54, 1.807) is 0 Å². The van der Waals surface area contributed by atoms with Gasteiger partial charge in [0, 0.05) is 21.8 Å². The summed E-state index contributed by atoms with van der Waals surface area (Å²) in [5.41, 5.74) is 14.5. The minimum atomic E-state index is -0.177. The lowest BCUT2D eigenvalue weighted by Crippen LogP contribution is -2.16. The Morgan fingerprint density at radius 3 is 1.54 bits per heavy atom. The van der Waals surface area contributed by atoms with Crippen LogP contribution in [0.2, 0.25) is 0 Å². The summed E-state index contributed by atoms with van der Waals surface area (Å²) in [6.07, 6.45) is 0. The van der Waals surface area contributed by atoms with E-state index >= 15 is 0 Å². The van der Waals surface area contributed by atoms with Crippen LogP contribution in [-0.2, 0) is 5.41 Å². The summed E-state index contributed by atoms with van der Waals surface area (Å²) in [6.45, 7) is 4.81. The van der Waals surface area contributed by atoms with E-state index in [2.05, 4.69) is 178 Å². The molecule has 0 aliphatic heterocycles. The van der Waals surface area contributed by atoms with Crippen LogP contribution in [0.25, 0.3) is 98.8 Å². The number of furan rings is 1. The highest BCUT2D eigenvalue weighted by Crippen LogP contribution is 2.56. The average Bonchev–Trinajstić information content (AvgIpc) is 3.69. The molecule has 0 fully saturated rings. The first kappa shape index (κ1) is 29.3. The third kappa shape index (κ3) is 3.94. The molecule has 1 aromatic heterocycles.